The van der Waals surface area contributed by atoms with E-state index in [-0.39, 0.29) is 11.8 Å². The highest BCUT2D eigenvalue weighted by molar-refractivity contribution is 5.79. The van der Waals surface area contributed by atoms with E-state index >= 15 is 0 Å². The lowest BCUT2D eigenvalue weighted by Gasteiger charge is -2.49. The van der Waals surface area contributed by atoms with Gasteiger partial charge in [0.1, 0.15) is 0 Å². The number of nitrogens with zero attached hydrogens (tertiary/aromatic N) is 5. The molecule has 126 valence electrons. The monoisotopic (exact) mass is 318 g/mol. The minimum atomic E-state index is 0.125. The minimum Gasteiger partial charge on any atom is -0.342 e. The van der Waals surface area contributed by atoms with E-state index in [0.717, 1.165) is 38.2 Å². The summed E-state index contributed by atoms with van der Waals surface area (Å²) < 4.78 is 1.88. The van der Waals surface area contributed by atoms with Gasteiger partial charge in [-0.2, -0.15) is 0 Å². The van der Waals surface area contributed by atoms with Crippen LogP contribution in [0.4, 0.5) is 0 Å². The van der Waals surface area contributed by atoms with Crippen LogP contribution in [0.5, 0.6) is 0 Å². The van der Waals surface area contributed by atoms with Gasteiger partial charge in [0, 0.05) is 38.9 Å². The van der Waals surface area contributed by atoms with Gasteiger partial charge in [-0.05, 0) is 25.3 Å². The van der Waals surface area contributed by atoms with E-state index in [1.54, 1.807) is 11.0 Å². The number of piperidine rings is 3. The number of hydrogen-bond acceptors (Lipinski definition) is 5. The summed E-state index contributed by atoms with van der Waals surface area (Å²) in [6.45, 7) is 7.51. The summed E-state index contributed by atoms with van der Waals surface area (Å²) >= 11 is 0. The van der Waals surface area contributed by atoms with Crippen molar-refractivity contribution in [2.24, 2.45) is 17.6 Å². The Morgan fingerprint density at radius 2 is 2.43 bits per heavy atom. The highest BCUT2D eigenvalue weighted by Crippen LogP contribution is 2.37. The van der Waals surface area contributed by atoms with Crippen LogP contribution in [-0.2, 0) is 17.9 Å². The molecule has 1 unspecified atom stereocenters. The molecule has 0 spiro atoms. The van der Waals surface area contributed by atoms with Crippen LogP contribution in [0.2, 0.25) is 0 Å². The third-order valence-electron chi connectivity index (χ3n) is 5.17. The summed E-state index contributed by atoms with van der Waals surface area (Å²) in [7, 11) is 1.86. The van der Waals surface area contributed by atoms with E-state index in [2.05, 4.69) is 21.8 Å². The predicted octanol–water partition coefficient (Wildman–Crippen LogP) is 0.0916. The van der Waals surface area contributed by atoms with Crippen LogP contribution >= 0.6 is 0 Å². The molecule has 3 aliphatic rings. The van der Waals surface area contributed by atoms with Crippen molar-refractivity contribution in [2.45, 2.75) is 32.0 Å². The summed E-state index contributed by atoms with van der Waals surface area (Å²) in [4.78, 5) is 16.8. The number of amides is 1. The molecule has 2 N–H and O–H groups in total. The maximum absolute atomic E-state index is 12.6. The van der Waals surface area contributed by atoms with Crippen LogP contribution in [-0.4, -0.2) is 63.4 Å². The molecule has 1 amide bonds. The number of carbonyl (C=O) groups is 1. The molecule has 4 rings (SSSR count). The molecule has 7 nitrogen and oxygen atoms in total. The lowest BCUT2D eigenvalue weighted by molar-refractivity contribution is -0.142. The molecule has 3 aliphatic heterocycles. The van der Waals surface area contributed by atoms with Crippen molar-refractivity contribution in [1.82, 2.24) is 24.8 Å². The maximum Gasteiger partial charge on any atom is 0.227 e. The summed E-state index contributed by atoms with van der Waals surface area (Å²) in [5.41, 5.74) is 6.41. The Balaban J connectivity index is 1.62. The van der Waals surface area contributed by atoms with Gasteiger partial charge in [0.15, 0.2) is 0 Å². The SMILES string of the molecule is C=CCN(C)C(=O)[C@@H]1CN2CC[C@H]1C[C@@H]2Cn1cc(CN)nn1. The van der Waals surface area contributed by atoms with Gasteiger partial charge in [-0.1, -0.05) is 11.3 Å². The second-order valence-corrected chi connectivity index (χ2v) is 6.68. The fourth-order valence-corrected chi connectivity index (χ4v) is 3.91. The van der Waals surface area contributed by atoms with E-state index in [1.165, 1.54) is 0 Å². The first-order chi connectivity index (χ1) is 11.1. The van der Waals surface area contributed by atoms with Gasteiger partial charge in [0.25, 0.3) is 0 Å². The molecular weight excluding hydrogens is 292 g/mol. The van der Waals surface area contributed by atoms with Crippen molar-refractivity contribution in [2.75, 3.05) is 26.7 Å². The van der Waals surface area contributed by atoms with Crippen molar-refractivity contribution < 1.29 is 4.79 Å². The molecule has 0 aliphatic carbocycles. The zero-order valence-electron chi connectivity index (χ0n) is 13.8. The van der Waals surface area contributed by atoms with Gasteiger partial charge in [-0.25, -0.2) is 0 Å². The number of rotatable bonds is 6. The van der Waals surface area contributed by atoms with E-state index in [4.69, 9.17) is 5.73 Å². The standard InChI is InChI=1S/C16H26N6O/c1-3-5-20(2)16(23)15-11-21-6-4-12(15)7-14(21)10-22-9-13(8-17)18-19-22/h3,9,12,14-15H,1,4-8,10-11,17H2,2H3/t12-,14+,15+/m0/s1. The molecule has 1 aromatic heterocycles. The first-order valence-corrected chi connectivity index (χ1v) is 8.31. The third-order valence-corrected chi connectivity index (χ3v) is 5.17. The molecule has 2 bridgehead atoms. The fourth-order valence-electron chi connectivity index (χ4n) is 3.91. The number of nitrogens with two attached hydrogens (primary N) is 1. The van der Waals surface area contributed by atoms with Crippen LogP contribution in [0.1, 0.15) is 18.5 Å². The van der Waals surface area contributed by atoms with Gasteiger partial charge in [0.2, 0.25) is 5.91 Å². The smallest absolute Gasteiger partial charge is 0.227 e. The predicted molar refractivity (Wildman–Crippen MR) is 87.3 cm³/mol. The molecule has 23 heavy (non-hydrogen) atoms. The van der Waals surface area contributed by atoms with E-state index in [0.29, 0.717) is 25.0 Å². The number of aromatic nitrogens is 3. The minimum absolute atomic E-state index is 0.125. The molecule has 3 fully saturated rings. The highest BCUT2D eigenvalue weighted by Gasteiger charge is 2.43. The van der Waals surface area contributed by atoms with E-state index < -0.39 is 0 Å². The van der Waals surface area contributed by atoms with Crippen LogP contribution in [0.15, 0.2) is 18.9 Å². The topological polar surface area (TPSA) is 80.3 Å². The second-order valence-electron chi connectivity index (χ2n) is 6.68. The van der Waals surface area contributed by atoms with E-state index in [9.17, 15) is 4.79 Å². The Morgan fingerprint density at radius 1 is 1.61 bits per heavy atom. The summed E-state index contributed by atoms with van der Waals surface area (Å²) in [5.74, 6) is 0.854. The molecule has 4 atom stereocenters. The van der Waals surface area contributed by atoms with Gasteiger partial charge < -0.3 is 10.6 Å². The molecule has 3 saturated heterocycles. The van der Waals surface area contributed by atoms with Crippen molar-refractivity contribution in [3.63, 3.8) is 0 Å². The van der Waals surface area contributed by atoms with Crippen LogP contribution < -0.4 is 5.73 Å². The molecule has 4 heterocycles. The van der Waals surface area contributed by atoms with Crippen LogP contribution in [0.25, 0.3) is 0 Å². The number of carbonyl (C=O) groups excluding carboxylic acids is 1. The van der Waals surface area contributed by atoms with Crippen molar-refractivity contribution in [1.29, 1.82) is 0 Å². The lowest BCUT2D eigenvalue weighted by atomic mass is 9.75. The lowest BCUT2D eigenvalue weighted by Crippen LogP contribution is -2.58. The number of likely N-dealkylation sites (N-methyl/N-ethyl adjacent to an activating group) is 1. The third kappa shape index (κ3) is 3.30. The Morgan fingerprint density at radius 3 is 3.04 bits per heavy atom. The summed E-state index contributed by atoms with van der Waals surface area (Å²) in [6, 6.07) is 0.440. The van der Waals surface area contributed by atoms with Gasteiger partial charge >= 0.3 is 0 Å². The first-order valence-electron chi connectivity index (χ1n) is 8.31. The van der Waals surface area contributed by atoms with Crippen molar-refractivity contribution in [3.8, 4) is 0 Å². The first kappa shape index (κ1) is 16.1. The summed E-state index contributed by atoms with van der Waals surface area (Å²) in [5, 5.41) is 8.19. The quantitative estimate of drug-likeness (QED) is 0.752. The number of fused-ring (bicyclic) bond motifs is 3. The van der Waals surface area contributed by atoms with E-state index in [1.807, 2.05) is 17.9 Å². The normalized spacial score (nSPS) is 29.5. The highest BCUT2D eigenvalue weighted by atomic mass is 16.2. The average molecular weight is 318 g/mol. The van der Waals surface area contributed by atoms with Crippen LogP contribution in [0, 0.1) is 11.8 Å². The van der Waals surface area contributed by atoms with Gasteiger partial charge in [-0.15, -0.1) is 11.7 Å². The van der Waals surface area contributed by atoms with Crippen LogP contribution in [0.3, 0.4) is 0 Å². The second kappa shape index (κ2) is 6.80. The molecule has 0 radical (unpaired) electrons. The Labute approximate surface area is 137 Å². The zero-order valence-corrected chi connectivity index (χ0v) is 13.8. The van der Waals surface area contributed by atoms with Crippen molar-refractivity contribution in [3.05, 3.63) is 24.5 Å². The molecule has 0 aromatic carbocycles. The zero-order chi connectivity index (χ0) is 16.4. The molecule has 7 heteroatoms. The Bertz CT molecular complexity index is 571. The average Bonchev–Trinajstić information content (AvgIpc) is 3.02. The largest absolute Gasteiger partial charge is 0.342 e. The van der Waals surface area contributed by atoms with Gasteiger partial charge in [-0.3, -0.25) is 14.4 Å². The number of hydrogen-bond donors (Lipinski definition) is 1. The van der Waals surface area contributed by atoms with Crippen molar-refractivity contribution >= 4 is 5.91 Å². The Hall–Kier alpha value is -1.73. The fraction of sp³-hybridized carbons (Fsp3) is 0.688. The molecule has 0 saturated carbocycles. The summed E-state index contributed by atoms with van der Waals surface area (Å²) in [6.07, 6.45) is 5.86. The maximum atomic E-state index is 12.6. The molecular formula is C16H26N6O. The molecule has 1 aromatic rings. The van der Waals surface area contributed by atoms with Gasteiger partial charge in [0.05, 0.1) is 18.2 Å². The Kier molecular flexibility index (Phi) is 4.77.